The average Bonchev–Trinajstić information content (AvgIpc) is 2.69. The predicted molar refractivity (Wildman–Crippen MR) is 74.3 cm³/mol. The molecule has 100 valence electrons. The lowest BCUT2D eigenvalue weighted by molar-refractivity contribution is -0.123. The van der Waals surface area contributed by atoms with E-state index in [4.69, 9.17) is 0 Å². The van der Waals surface area contributed by atoms with E-state index in [1.807, 2.05) is 6.07 Å². The second-order valence-electron chi connectivity index (χ2n) is 5.36. The van der Waals surface area contributed by atoms with Gasteiger partial charge < -0.3 is 5.32 Å². The largest absolute Gasteiger partial charge is 0.318 e. The molecule has 3 rings (SSSR count). The first kappa shape index (κ1) is 12.3. The molecule has 6 heteroatoms. The van der Waals surface area contributed by atoms with Crippen molar-refractivity contribution in [1.82, 2.24) is 5.43 Å². The summed E-state index contributed by atoms with van der Waals surface area (Å²) in [5.41, 5.74) is 4.40. The Morgan fingerprint density at radius 1 is 1.58 bits per heavy atom. The monoisotopic (exact) mass is 277 g/mol. The standard InChI is InChI=1S/C13H15N3O2S/c1-7(17)14-11-5-8-9(19-11)3-4-13(2)6-10(18)15-16-12(8)13/h5H,3-4,6H2,1-2H3,(H,14,17)(H,15,18). The van der Waals surface area contributed by atoms with Crippen LogP contribution in [0.3, 0.4) is 0 Å². The highest BCUT2D eigenvalue weighted by molar-refractivity contribution is 7.16. The number of rotatable bonds is 1. The van der Waals surface area contributed by atoms with Crippen molar-refractivity contribution in [3.63, 3.8) is 0 Å². The summed E-state index contributed by atoms with van der Waals surface area (Å²) >= 11 is 1.59. The van der Waals surface area contributed by atoms with E-state index in [1.165, 1.54) is 11.8 Å². The second-order valence-corrected chi connectivity index (χ2v) is 6.50. The molecule has 1 aromatic heterocycles. The zero-order valence-electron chi connectivity index (χ0n) is 10.9. The van der Waals surface area contributed by atoms with Gasteiger partial charge in [0.15, 0.2) is 0 Å². The quantitative estimate of drug-likeness (QED) is 0.823. The molecule has 1 aliphatic heterocycles. The smallest absolute Gasteiger partial charge is 0.241 e. The van der Waals surface area contributed by atoms with E-state index in [2.05, 4.69) is 22.8 Å². The molecular weight excluding hydrogens is 262 g/mol. The molecule has 19 heavy (non-hydrogen) atoms. The fraction of sp³-hybridized carbons (Fsp3) is 0.462. The van der Waals surface area contributed by atoms with E-state index in [0.717, 1.165) is 29.1 Å². The Bertz CT molecular complexity index is 605. The molecule has 0 radical (unpaired) electrons. The molecule has 0 aromatic carbocycles. The van der Waals surface area contributed by atoms with Crippen LogP contribution in [0.25, 0.3) is 0 Å². The maximum atomic E-state index is 11.5. The lowest BCUT2D eigenvalue weighted by Gasteiger charge is -2.36. The lowest BCUT2D eigenvalue weighted by Crippen LogP contribution is -2.43. The summed E-state index contributed by atoms with van der Waals surface area (Å²) in [6.45, 7) is 3.59. The molecule has 5 nitrogen and oxygen atoms in total. The molecule has 2 heterocycles. The summed E-state index contributed by atoms with van der Waals surface area (Å²) in [6, 6.07) is 1.97. The van der Waals surface area contributed by atoms with E-state index < -0.39 is 0 Å². The SMILES string of the molecule is CC(=O)Nc1cc2c(s1)CCC1(C)CC(=O)NN=C21. The summed E-state index contributed by atoms with van der Waals surface area (Å²) in [7, 11) is 0. The van der Waals surface area contributed by atoms with Crippen molar-refractivity contribution >= 4 is 33.9 Å². The van der Waals surface area contributed by atoms with Crippen molar-refractivity contribution in [2.45, 2.75) is 33.1 Å². The number of anilines is 1. The third kappa shape index (κ3) is 2.06. The fourth-order valence-corrected chi connectivity index (χ4v) is 3.87. The number of carbonyl (C=O) groups is 2. The van der Waals surface area contributed by atoms with Gasteiger partial charge in [-0.3, -0.25) is 9.59 Å². The van der Waals surface area contributed by atoms with Crippen LogP contribution in [-0.2, 0) is 16.0 Å². The summed E-state index contributed by atoms with van der Waals surface area (Å²) < 4.78 is 0. The van der Waals surface area contributed by atoms with Crippen molar-refractivity contribution in [3.05, 3.63) is 16.5 Å². The molecule has 0 saturated carbocycles. The molecule has 1 aliphatic carbocycles. The van der Waals surface area contributed by atoms with Crippen LogP contribution in [-0.4, -0.2) is 17.5 Å². The fourth-order valence-electron chi connectivity index (χ4n) is 2.76. The van der Waals surface area contributed by atoms with Crippen molar-refractivity contribution in [3.8, 4) is 0 Å². The number of nitrogens with one attached hydrogen (secondary N) is 2. The molecular formula is C13H15N3O2S. The van der Waals surface area contributed by atoms with Crippen molar-refractivity contribution in [2.75, 3.05) is 5.32 Å². The Kier molecular flexibility index (Phi) is 2.70. The topological polar surface area (TPSA) is 70.6 Å². The number of hydrogen-bond acceptors (Lipinski definition) is 4. The lowest BCUT2D eigenvalue weighted by atomic mass is 9.70. The highest BCUT2D eigenvalue weighted by Crippen LogP contribution is 2.43. The van der Waals surface area contributed by atoms with E-state index >= 15 is 0 Å². The zero-order valence-corrected chi connectivity index (χ0v) is 11.7. The average molecular weight is 277 g/mol. The van der Waals surface area contributed by atoms with Crippen LogP contribution in [0.5, 0.6) is 0 Å². The zero-order chi connectivity index (χ0) is 13.6. The van der Waals surface area contributed by atoms with Gasteiger partial charge in [0.1, 0.15) is 0 Å². The van der Waals surface area contributed by atoms with Crippen LogP contribution < -0.4 is 10.7 Å². The Morgan fingerprint density at radius 2 is 2.37 bits per heavy atom. The van der Waals surface area contributed by atoms with Gasteiger partial charge >= 0.3 is 0 Å². The summed E-state index contributed by atoms with van der Waals surface area (Å²) in [5.74, 6) is -0.0905. The van der Waals surface area contributed by atoms with Gasteiger partial charge in [-0.1, -0.05) is 6.92 Å². The molecule has 0 saturated heterocycles. The van der Waals surface area contributed by atoms with Crippen LogP contribution >= 0.6 is 11.3 Å². The van der Waals surface area contributed by atoms with E-state index in [9.17, 15) is 9.59 Å². The third-order valence-electron chi connectivity index (χ3n) is 3.68. The van der Waals surface area contributed by atoms with E-state index in [0.29, 0.717) is 6.42 Å². The number of nitrogens with zero attached hydrogens (tertiary/aromatic N) is 1. The molecule has 0 spiro atoms. The number of hydrogen-bond donors (Lipinski definition) is 2. The predicted octanol–water partition coefficient (Wildman–Crippen LogP) is 1.88. The summed E-state index contributed by atoms with van der Waals surface area (Å²) in [5, 5.41) is 7.91. The molecule has 0 bridgehead atoms. The highest BCUT2D eigenvalue weighted by atomic mass is 32.1. The number of carbonyl (C=O) groups excluding carboxylic acids is 2. The Balaban J connectivity index is 2.02. The minimum Gasteiger partial charge on any atom is -0.318 e. The minimum absolute atomic E-state index is 0.0213. The maximum Gasteiger partial charge on any atom is 0.241 e. The van der Waals surface area contributed by atoms with Crippen molar-refractivity contribution < 1.29 is 9.59 Å². The maximum absolute atomic E-state index is 11.5. The molecule has 2 N–H and O–H groups in total. The number of aryl methyl sites for hydroxylation is 1. The number of amides is 2. The van der Waals surface area contributed by atoms with E-state index in [-0.39, 0.29) is 17.2 Å². The summed E-state index contributed by atoms with van der Waals surface area (Å²) in [4.78, 5) is 23.9. The van der Waals surface area contributed by atoms with Crippen molar-refractivity contribution in [2.24, 2.45) is 10.5 Å². The second kappa shape index (κ2) is 4.16. The molecule has 1 atom stereocenters. The first-order valence-electron chi connectivity index (χ1n) is 6.26. The van der Waals surface area contributed by atoms with Gasteiger partial charge in [-0.2, -0.15) is 5.10 Å². The Labute approximate surface area is 115 Å². The van der Waals surface area contributed by atoms with Crippen LogP contribution in [0.15, 0.2) is 11.2 Å². The molecule has 2 aliphatic rings. The molecule has 1 unspecified atom stereocenters. The van der Waals surface area contributed by atoms with E-state index in [1.54, 1.807) is 11.3 Å². The molecule has 0 fully saturated rings. The van der Waals surface area contributed by atoms with Gasteiger partial charge in [-0.05, 0) is 18.9 Å². The first-order valence-corrected chi connectivity index (χ1v) is 7.07. The Morgan fingerprint density at radius 3 is 3.11 bits per heavy atom. The van der Waals surface area contributed by atoms with Crippen LogP contribution in [0.4, 0.5) is 5.00 Å². The Hall–Kier alpha value is -1.69. The number of hydrazone groups is 1. The van der Waals surface area contributed by atoms with Gasteiger partial charge in [-0.25, -0.2) is 5.43 Å². The summed E-state index contributed by atoms with van der Waals surface area (Å²) in [6.07, 6.45) is 2.34. The normalized spacial score (nSPS) is 24.9. The van der Waals surface area contributed by atoms with Crippen LogP contribution in [0.1, 0.15) is 37.1 Å². The van der Waals surface area contributed by atoms with Crippen LogP contribution in [0, 0.1) is 5.41 Å². The van der Waals surface area contributed by atoms with Crippen molar-refractivity contribution in [1.29, 1.82) is 0 Å². The van der Waals surface area contributed by atoms with Gasteiger partial charge in [0.05, 0.1) is 10.7 Å². The van der Waals surface area contributed by atoms with Gasteiger partial charge in [-0.15, -0.1) is 11.3 Å². The van der Waals surface area contributed by atoms with Gasteiger partial charge in [0, 0.05) is 29.2 Å². The first-order chi connectivity index (χ1) is 8.98. The number of fused-ring (bicyclic) bond motifs is 3. The molecule has 1 aromatic rings. The minimum atomic E-state index is -0.177. The molecule has 2 amide bonds. The van der Waals surface area contributed by atoms with Gasteiger partial charge in [0.2, 0.25) is 11.8 Å². The highest BCUT2D eigenvalue weighted by Gasteiger charge is 2.41. The third-order valence-corrected chi connectivity index (χ3v) is 4.79. The number of thiophene rings is 1. The van der Waals surface area contributed by atoms with Crippen LogP contribution in [0.2, 0.25) is 0 Å². The van der Waals surface area contributed by atoms with Gasteiger partial charge in [0.25, 0.3) is 0 Å².